The number of anilines is 1. The SMILES string of the molecule is Cc1cc(NC(=O)c2ccc(I)c(Cl)c2)c(C(=O)O)[nH]1. The lowest BCUT2D eigenvalue weighted by Crippen LogP contribution is -2.14. The summed E-state index contributed by atoms with van der Waals surface area (Å²) in [6.07, 6.45) is 0. The Kier molecular flexibility index (Phi) is 4.34. The van der Waals surface area contributed by atoms with Crippen molar-refractivity contribution in [1.29, 1.82) is 0 Å². The molecule has 20 heavy (non-hydrogen) atoms. The van der Waals surface area contributed by atoms with Crippen molar-refractivity contribution in [2.75, 3.05) is 5.32 Å². The van der Waals surface area contributed by atoms with E-state index < -0.39 is 11.9 Å². The Balaban J connectivity index is 2.27. The molecule has 1 aromatic heterocycles. The summed E-state index contributed by atoms with van der Waals surface area (Å²) in [5, 5.41) is 12.1. The van der Waals surface area contributed by atoms with Gasteiger partial charge in [0.2, 0.25) is 0 Å². The monoisotopic (exact) mass is 404 g/mol. The first-order valence-corrected chi connectivity index (χ1v) is 7.03. The molecule has 0 atom stereocenters. The van der Waals surface area contributed by atoms with Gasteiger partial charge in [-0.05, 0) is 53.8 Å². The first kappa shape index (κ1) is 14.9. The van der Waals surface area contributed by atoms with E-state index in [1.807, 2.05) is 0 Å². The van der Waals surface area contributed by atoms with Gasteiger partial charge in [0.25, 0.3) is 5.91 Å². The molecule has 0 bridgehead atoms. The molecule has 1 heterocycles. The molecule has 2 rings (SSSR count). The van der Waals surface area contributed by atoms with Crippen LogP contribution < -0.4 is 5.32 Å². The molecular formula is C13H10ClIN2O3. The molecule has 0 fully saturated rings. The standard InChI is InChI=1S/C13H10ClIN2O3/c1-6-4-10(11(16-6)13(19)20)17-12(18)7-2-3-9(15)8(14)5-7/h2-5,16H,1H3,(H,17,18)(H,19,20). The van der Waals surface area contributed by atoms with Crippen molar-refractivity contribution in [2.24, 2.45) is 0 Å². The lowest BCUT2D eigenvalue weighted by molar-refractivity contribution is 0.0692. The number of aryl methyl sites for hydroxylation is 1. The van der Waals surface area contributed by atoms with Crippen LogP contribution in [-0.4, -0.2) is 22.0 Å². The first-order chi connectivity index (χ1) is 9.38. The molecular weight excluding hydrogens is 395 g/mol. The zero-order valence-electron chi connectivity index (χ0n) is 10.3. The van der Waals surface area contributed by atoms with E-state index in [4.69, 9.17) is 16.7 Å². The maximum Gasteiger partial charge on any atom is 0.354 e. The Hall–Kier alpha value is -1.54. The van der Waals surface area contributed by atoms with Gasteiger partial charge in [-0.25, -0.2) is 4.79 Å². The number of H-pyrrole nitrogens is 1. The Bertz CT molecular complexity index is 697. The first-order valence-electron chi connectivity index (χ1n) is 5.58. The molecule has 0 spiro atoms. The van der Waals surface area contributed by atoms with E-state index in [2.05, 4.69) is 32.9 Å². The summed E-state index contributed by atoms with van der Waals surface area (Å²) in [6.45, 7) is 1.71. The topological polar surface area (TPSA) is 82.2 Å². The largest absolute Gasteiger partial charge is 0.477 e. The zero-order chi connectivity index (χ0) is 14.9. The third kappa shape index (κ3) is 3.13. The second-order valence-electron chi connectivity index (χ2n) is 4.13. The van der Waals surface area contributed by atoms with Gasteiger partial charge >= 0.3 is 5.97 Å². The summed E-state index contributed by atoms with van der Waals surface area (Å²) in [4.78, 5) is 25.8. The smallest absolute Gasteiger partial charge is 0.354 e. The van der Waals surface area contributed by atoms with Gasteiger partial charge in [0.15, 0.2) is 0 Å². The Morgan fingerprint density at radius 1 is 1.35 bits per heavy atom. The van der Waals surface area contributed by atoms with Crippen molar-refractivity contribution >= 4 is 51.8 Å². The summed E-state index contributed by atoms with van der Waals surface area (Å²) >= 11 is 8.02. The van der Waals surface area contributed by atoms with E-state index in [1.165, 1.54) is 0 Å². The van der Waals surface area contributed by atoms with E-state index in [0.717, 1.165) is 3.57 Å². The average Bonchev–Trinajstić information content (AvgIpc) is 2.73. The fraction of sp³-hybridized carbons (Fsp3) is 0.0769. The van der Waals surface area contributed by atoms with Crippen LogP contribution in [0.4, 0.5) is 5.69 Å². The highest BCUT2D eigenvalue weighted by molar-refractivity contribution is 14.1. The lowest BCUT2D eigenvalue weighted by Gasteiger charge is -2.05. The van der Waals surface area contributed by atoms with Crippen molar-refractivity contribution in [3.63, 3.8) is 0 Å². The maximum atomic E-state index is 12.1. The van der Waals surface area contributed by atoms with E-state index in [0.29, 0.717) is 16.3 Å². The third-order valence-electron chi connectivity index (χ3n) is 2.60. The van der Waals surface area contributed by atoms with Crippen molar-refractivity contribution < 1.29 is 14.7 Å². The fourth-order valence-electron chi connectivity index (χ4n) is 1.69. The molecule has 0 saturated heterocycles. The number of aromatic carboxylic acids is 1. The fourth-order valence-corrected chi connectivity index (χ4v) is 2.20. The van der Waals surface area contributed by atoms with Crippen LogP contribution in [0.1, 0.15) is 26.5 Å². The van der Waals surface area contributed by atoms with E-state index in [1.54, 1.807) is 31.2 Å². The van der Waals surface area contributed by atoms with Gasteiger partial charge in [-0.2, -0.15) is 0 Å². The van der Waals surface area contributed by atoms with E-state index in [-0.39, 0.29) is 11.4 Å². The number of benzene rings is 1. The lowest BCUT2D eigenvalue weighted by atomic mass is 10.2. The van der Waals surface area contributed by atoms with Gasteiger partial charge in [0, 0.05) is 14.8 Å². The van der Waals surface area contributed by atoms with Crippen LogP contribution in [0.2, 0.25) is 5.02 Å². The number of nitrogens with one attached hydrogen (secondary N) is 2. The quantitative estimate of drug-likeness (QED) is 0.685. The molecule has 0 aliphatic carbocycles. The third-order valence-corrected chi connectivity index (χ3v) is 4.17. The Labute approximate surface area is 133 Å². The van der Waals surface area contributed by atoms with Crippen molar-refractivity contribution in [3.8, 4) is 0 Å². The van der Waals surface area contributed by atoms with Crippen LogP contribution >= 0.6 is 34.2 Å². The number of halogens is 2. The average molecular weight is 405 g/mol. The van der Waals surface area contributed by atoms with Crippen molar-refractivity contribution in [3.05, 3.63) is 49.8 Å². The molecule has 1 amide bonds. The molecule has 0 unspecified atom stereocenters. The van der Waals surface area contributed by atoms with E-state index in [9.17, 15) is 9.59 Å². The predicted octanol–water partition coefficient (Wildman–Crippen LogP) is 3.53. The second-order valence-corrected chi connectivity index (χ2v) is 5.70. The van der Waals surface area contributed by atoms with Crippen LogP contribution in [0.3, 0.4) is 0 Å². The molecule has 0 saturated carbocycles. The Morgan fingerprint density at radius 3 is 2.65 bits per heavy atom. The van der Waals surface area contributed by atoms with Crippen LogP contribution in [-0.2, 0) is 0 Å². The zero-order valence-corrected chi connectivity index (χ0v) is 13.2. The van der Waals surface area contributed by atoms with Gasteiger partial charge in [0.05, 0.1) is 10.7 Å². The van der Waals surface area contributed by atoms with Gasteiger partial charge in [-0.3, -0.25) is 4.79 Å². The molecule has 104 valence electrons. The molecule has 7 heteroatoms. The van der Waals surface area contributed by atoms with Gasteiger partial charge < -0.3 is 15.4 Å². The summed E-state index contributed by atoms with van der Waals surface area (Å²) in [6, 6.07) is 6.45. The molecule has 2 aromatic rings. The minimum atomic E-state index is -1.13. The van der Waals surface area contributed by atoms with Crippen molar-refractivity contribution in [1.82, 2.24) is 4.98 Å². The second kappa shape index (κ2) is 5.84. The number of carbonyl (C=O) groups excluding carboxylic acids is 1. The summed E-state index contributed by atoms with van der Waals surface area (Å²) in [5.41, 5.74) is 1.20. The molecule has 3 N–H and O–H groups in total. The highest BCUT2D eigenvalue weighted by atomic mass is 127. The minimum Gasteiger partial charge on any atom is -0.477 e. The highest BCUT2D eigenvalue weighted by Gasteiger charge is 2.16. The molecule has 0 aliphatic rings. The molecule has 1 aromatic carbocycles. The van der Waals surface area contributed by atoms with E-state index >= 15 is 0 Å². The number of aromatic amines is 1. The van der Waals surface area contributed by atoms with Crippen molar-refractivity contribution in [2.45, 2.75) is 6.92 Å². The summed E-state index contributed by atoms with van der Waals surface area (Å²) < 4.78 is 0.838. The maximum absolute atomic E-state index is 12.1. The summed E-state index contributed by atoms with van der Waals surface area (Å²) in [5.74, 6) is -1.54. The van der Waals surface area contributed by atoms with Gasteiger partial charge in [-0.15, -0.1) is 0 Å². The van der Waals surface area contributed by atoms with Crippen LogP contribution in [0.15, 0.2) is 24.3 Å². The number of hydrogen-bond donors (Lipinski definition) is 3. The summed E-state index contributed by atoms with van der Waals surface area (Å²) in [7, 11) is 0. The number of carboxylic acid groups (broad SMARTS) is 1. The van der Waals surface area contributed by atoms with Gasteiger partial charge in [-0.1, -0.05) is 11.6 Å². The van der Waals surface area contributed by atoms with Gasteiger partial charge in [0.1, 0.15) is 5.69 Å². The number of hydrogen-bond acceptors (Lipinski definition) is 2. The number of aromatic nitrogens is 1. The Morgan fingerprint density at radius 2 is 2.05 bits per heavy atom. The van der Waals surface area contributed by atoms with Crippen LogP contribution in [0.5, 0.6) is 0 Å². The van der Waals surface area contributed by atoms with Crippen LogP contribution in [0.25, 0.3) is 0 Å². The number of rotatable bonds is 3. The predicted molar refractivity (Wildman–Crippen MR) is 84.6 cm³/mol. The minimum absolute atomic E-state index is 0.0486. The number of carboxylic acids is 1. The molecule has 0 radical (unpaired) electrons. The number of carbonyl (C=O) groups is 2. The number of amides is 1. The van der Waals surface area contributed by atoms with Crippen LogP contribution in [0, 0.1) is 10.5 Å². The molecule has 0 aliphatic heterocycles. The molecule has 5 nitrogen and oxygen atoms in total. The normalized spacial score (nSPS) is 10.3. The highest BCUT2D eigenvalue weighted by Crippen LogP contribution is 2.22.